The van der Waals surface area contributed by atoms with Crippen molar-refractivity contribution >= 4 is 51.4 Å². The van der Waals surface area contributed by atoms with E-state index in [2.05, 4.69) is 55.2 Å². The van der Waals surface area contributed by atoms with Crippen LogP contribution in [0.5, 0.6) is 0 Å². The van der Waals surface area contributed by atoms with Crippen molar-refractivity contribution in [2.45, 2.75) is 25.3 Å². The Morgan fingerprint density at radius 3 is 2.35 bits per heavy atom. The van der Waals surface area contributed by atoms with Gasteiger partial charge in [0.2, 0.25) is 0 Å². The summed E-state index contributed by atoms with van der Waals surface area (Å²) >= 11 is 2.19. The normalized spacial score (nSPS) is 20.9. The highest BCUT2D eigenvalue weighted by atomic mass is 127. The minimum Gasteiger partial charge on any atom is -0.369 e. The number of halogens is 1. The van der Waals surface area contributed by atoms with Crippen LogP contribution >= 0.6 is 22.6 Å². The molecule has 0 spiro atoms. The largest absolute Gasteiger partial charge is 0.369 e. The molecule has 5 rings (SSSR count). The van der Waals surface area contributed by atoms with Crippen molar-refractivity contribution in [2.75, 3.05) is 36.4 Å². The van der Waals surface area contributed by atoms with E-state index in [4.69, 9.17) is 0 Å². The van der Waals surface area contributed by atoms with E-state index in [-0.39, 0.29) is 11.8 Å². The number of hydrogen-bond donors (Lipinski definition) is 2. The van der Waals surface area contributed by atoms with Gasteiger partial charge >= 0.3 is 0 Å². The first kappa shape index (κ1) is 20.5. The van der Waals surface area contributed by atoms with Crippen LogP contribution < -0.4 is 15.5 Å². The highest BCUT2D eigenvalue weighted by Crippen LogP contribution is 2.28. The zero-order chi connectivity index (χ0) is 21.4. The molecule has 2 N–H and O–H groups in total. The number of carbonyl (C=O) groups is 2. The van der Waals surface area contributed by atoms with Gasteiger partial charge in [-0.15, -0.1) is 0 Å². The number of anilines is 2. The fourth-order valence-electron chi connectivity index (χ4n) is 4.46. The van der Waals surface area contributed by atoms with Gasteiger partial charge in [-0.05, 0) is 77.9 Å². The molecule has 0 unspecified atom stereocenters. The molecular formula is C24H25IN4O2. The molecule has 2 heterocycles. The Bertz CT molecular complexity index is 1040. The van der Waals surface area contributed by atoms with Crippen molar-refractivity contribution in [3.63, 3.8) is 0 Å². The van der Waals surface area contributed by atoms with Crippen molar-refractivity contribution in [3.05, 3.63) is 63.4 Å². The lowest BCUT2D eigenvalue weighted by atomic mass is 9.91. The first-order chi connectivity index (χ1) is 15.1. The van der Waals surface area contributed by atoms with Crippen LogP contribution in [0.4, 0.5) is 11.4 Å². The molecule has 160 valence electrons. The molecule has 2 fully saturated rings. The Kier molecular flexibility index (Phi) is 5.71. The second-order valence-electron chi connectivity index (χ2n) is 8.33. The van der Waals surface area contributed by atoms with Crippen LogP contribution in [0.2, 0.25) is 0 Å². The molecule has 0 atom stereocenters. The molecule has 1 saturated carbocycles. The summed E-state index contributed by atoms with van der Waals surface area (Å²) in [7, 11) is 0. The Labute approximate surface area is 195 Å². The fourth-order valence-corrected chi connectivity index (χ4v) is 4.95. The number of carbonyl (C=O) groups excluding carboxylic acids is 2. The number of nitrogens with one attached hydrogen (secondary N) is 2. The SMILES string of the molecule is O=C1NC(=O)c2ccc(I)cc2/C1=C/Nc1ccc(N2CCN(C3CCC3)CC2)cc1. The van der Waals surface area contributed by atoms with Crippen LogP contribution in [-0.4, -0.2) is 48.9 Å². The van der Waals surface area contributed by atoms with Gasteiger partial charge in [0.05, 0.1) is 5.57 Å². The third kappa shape index (κ3) is 4.21. The molecule has 0 radical (unpaired) electrons. The Hall–Kier alpha value is -2.39. The van der Waals surface area contributed by atoms with E-state index in [0.717, 1.165) is 41.5 Å². The first-order valence-electron chi connectivity index (χ1n) is 10.8. The lowest BCUT2D eigenvalue weighted by molar-refractivity contribution is -0.114. The van der Waals surface area contributed by atoms with Crippen LogP contribution in [0.1, 0.15) is 35.2 Å². The van der Waals surface area contributed by atoms with Crippen LogP contribution in [0, 0.1) is 3.57 Å². The molecule has 2 aromatic carbocycles. The minimum atomic E-state index is -0.382. The molecule has 2 aromatic rings. The summed E-state index contributed by atoms with van der Waals surface area (Å²) < 4.78 is 0.978. The summed E-state index contributed by atoms with van der Waals surface area (Å²) in [5, 5.41) is 5.64. The molecule has 7 heteroatoms. The lowest BCUT2D eigenvalue weighted by Gasteiger charge is -2.43. The molecule has 31 heavy (non-hydrogen) atoms. The Morgan fingerprint density at radius 2 is 1.68 bits per heavy atom. The molecule has 0 aromatic heterocycles. The average Bonchev–Trinajstić information content (AvgIpc) is 2.73. The van der Waals surface area contributed by atoms with E-state index in [1.165, 1.54) is 24.9 Å². The smallest absolute Gasteiger partial charge is 0.260 e. The van der Waals surface area contributed by atoms with Gasteiger partial charge in [-0.25, -0.2) is 0 Å². The predicted octanol–water partition coefficient (Wildman–Crippen LogP) is 3.69. The van der Waals surface area contributed by atoms with E-state index in [1.54, 1.807) is 12.3 Å². The molecular weight excluding hydrogens is 503 g/mol. The van der Waals surface area contributed by atoms with Gasteiger partial charge in [0.15, 0.2) is 0 Å². The number of imide groups is 1. The van der Waals surface area contributed by atoms with E-state index in [0.29, 0.717) is 16.7 Å². The van der Waals surface area contributed by atoms with E-state index in [1.807, 2.05) is 24.3 Å². The molecule has 2 amide bonds. The third-order valence-electron chi connectivity index (χ3n) is 6.51. The van der Waals surface area contributed by atoms with Crippen LogP contribution in [0.15, 0.2) is 48.7 Å². The highest BCUT2D eigenvalue weighted by Gasteiger charge is 2.28. The maximum atomic E-state index is 12.4. The summed E-state index contributed by atoms with van der Waals surface area (Å²) in [6.07, 6.45) is 5.80. The number of nitrogens with zero attached hydrogens (tertiary/aromatic N) is 2. The predicted molar refractivity (Wildman–Crippen MR) is 131 cm³/mol. The summed E-state index contributed by atoms with van der Waals surface area (Å²) in [5.74, 6) is -0.733. The second-order valence-corrected chi connectivity index (χ2v) is 9.58. The van der Waals surface area contributed by atoms with Crippen molar-refractivity contribution < 1.29 is 9.59 Å². The monoisotopic (exact) mass is 528 g/mol. The highest BCUT2D eigenvalue weighted by molar-refractivity contribution is 14.1. The van der Waals surface area contributed by atoms with Crippen molar-refractivity contribution in [2.24, 2.45) is 0 Å². The molecule has 2 aliphatic heterocycles. The zero-order valence-electron chi connectivity index (χ0n) is 17.2. The Balaban J connectivity index is 1.27. The van der Waals surface area contributed by atoms with Gasteiger partial charge in [-0.2, -0.15) is 0 Å². The number of rotatable bonds is 4. The average molecular weight is 528 g/mol. The second kappa shape index (κ2) is 8.63. The molecule has 0 bridgehead atoms. The quantitative estimate of drug-likeness (QED) is 0.360. The maximum absolute atomic E-state index is 12.4. The molecule has 3 aliphatic rings. The van der Waals surface area contributed by atoms with Gasteiger partial charge in [-0.3, -0.25) is 19.8 Å². The van der Waals surface area contributed by atoms with Gasteiger partial charge in [0.1, 0.15) is 0 Å². The van der Waals surface area contributed by atoms with Gasteiger partial charge < -0.3 is 10.2 Å². The van der Waals surface area contributed by atoms with E-state index < -0.39 is 0 Å². The zero-order valence-corrected chi connectivity index (χ0v) is 19.4. The van der Waals surface area contributed by atoms with Crippen molar-refractivity contribution in [1.82, 2.24) is 10.2 Å². The molecule has 1 saturated heterocycles. The lowest BCUT2D eigenvalue weighted by Crippen LogP contribution is -2.52. The minimum absolute atomic E-state index is 0.352. The molecule has 1 aliphatic carbocycles. The summed E-state index contributed by atoms with van der Waals surface area (Å²) in [6.45, 7) is 4.42. The van der Waals surface area contributed by atoms with Crippen LogP contribution in [0.25, 0.3) is 5.57 Å². The maximum Gasteiger partial charge on any atom is 0.260 e. The Morgan fingerprint density at radius 1 is 0.935 bits per heavy atom. The molecule has 6 nitrogen and oxygen atoms in total. The van der Waals surface area contributed by atoms with Crippen molar-refractivity contribution in [3.8, 4) is 0 Å². The summed E-state index contributed by atoms with van der Waals surface area (Å²) in [6, 6.07) is 14.6. The first-order valence-corrected chi connectivity index (χ1v) is 11.9. The summed E-state index contributed by atoms with van der Waals surface area (Å²) in [5.41, 5.74) is 3.77. The van der Waals surface area contributed by atoms with E-state index >= 15 is 0 Å². The topological polar surface area (TPSA) is 64.7 Å². The standard InChI is InChI=1S/C24H25IN4O2/c25-16-4-9-20-21(14-16)22(24(31)27-23(20)30)15-26-17-5-7-19(8-6-17)29-12-10-28(11-13-29)18-2-1-3-18/h4-9,14-15,18,26H,1-3,10-13H2,(H,27,30,31)/b22-15-. The fraction of sp³-hybridized carbons (Fsp3) is 0.333. The number of benzene rings is 2. The van der Waals surface area contributed by atoms with Crippen LogP contribution in [0.3, 0.4) is 0 Å². The van der Waals surface area contributed by atoms with Gasteiger partial charge in [-0.1, -0.05) is 6.42 Å². The van der Waals surface area contributed by atoms with Crippen molar-refractivity contribution in [1.29, 1.82) is 0 Å². The van der Waals surface area contributed by atoms with Gasteiger partial charge in [0, 0.05) is 64.5 Å². The third-order valence-corrected chi connectivity index (χ3v) is 7.18. The number of amides is 2. The van der Waals surface area contributed by atoms with Crippen LogP contribution in [-0.2, 0) is 4.79 Å². The number of fused-ring (bicyclic) bond motifs is 1. The van der Waals surface area contributed by atoms with Gasteiger partial charge in [0.25, 0.3) is 11.8 Å². The number of piperazine rings is 1. The van der Waals surface area contributed by atoms with E-state index in [9.17, 15) is 9.59 Å². The number of hydrogen-bond acceptors (Lipinski definition) is 5. The summed E-state index contributed by atoms with van der Waals surface area (Å²) in [4.78, 5) is 29.6.